The first-order valence-corrected chi connectivity index (χ1v) is 6.74. The standard InChI is InChI=1S/C15H18N2O4/c1-21-13-9-11(7-8-12(13)14(18)19)17-15(20)16-10-5-3-2-4-6-10/h2-3,7-10H,4-6H2,1H3,(H,18,19)(H2,16,17,20). The average molecular weight is 290 g/mol. The monoisotopic (exact) mass is 290 g/mol. The number of hydrogen-bond donors (Lipinski definition) is 3. The predicted octanol–water partition coefficient (Wildman–Crippen LogP) is 2.62. The summed E-state index contributed by atoms with van der Waals surface area (Å²) in [5, 5.41) is 14.6. The lowest BCUT2D eigenvalue weighted by atomic mass is 10.0. The van der Waals surface area contributed by atoms with Crippen LogP contribution < -0.4 is 15.4 Å². The van der Waals surface area contributed by atoms with Crippen molar-refractivity contribution in [1.82, 2.24) is 5.32 Å². The number of allylic oxidation sites excluding steroid dienone is 1. The van der Waals surface area contributed by atoms with Gasteiger partial charge in [0.1, 0.15) is 11.3 Å². The third kappa shape index (κ3) is 3.98. The van der Waals surface area contributed by atoms with Gasteiger partial charge in [-0.2, -0.15) is 0 Å². The largest absolute Gasteiger partial charge is 0.496 e. The quantitative estimate of drug-likeness (QED) is 0.744. The summed E-state index contributed by atoms with van der Waals surface area (Å²) in [7, 11) is 1.39. The number of urea groups is 1. The molecule has 1 aromatic carbocycles. The lowest BCUT2D eigenvalue weighted by Crippen LogP contribution is -2.38. The number of amides is 2. The zero-order chi connectivity index (χ0) is 15.2. The highest BCUT2D eigenvalue weighted by Gasteiger charge is 2.15. The zero-order valence-corrected chi connectivity index (χ0v) is 11.8. The highest BCUT2D eigenvalue weighted by Crippen LogP contribution is 2.23. The summed E-state index contributed by atoms with van der Waals surface area (Å²) in [5.74, 6) is -0.863. The molecule has 1 unspecified atom stereocenters. The number of benzene rings is 1. The Morgan fingerprint density at radius 1 is 1.33 bits per heavy atom. The van der Waals surface area contributed by atoms with Crippen molar-refractivity contribution in [3.8, 4) is 5.75 Å². The van der Waals surface area contributed by atoms with Crippen molar-refractivity contribution in [2.45, 2.75) is 25.3 Å². The Hall–Kier alpha value is -2.50. The number of rotatable bonds is 4. The third-order valence-electron chi connectivity index (χ3n) is 3.29. The SMILES string of the molecule is COc1cc(NC(=O)NC2CC=CCC2)ccc1C(=O)O. The molecule has 2 amide bonds. The van der Waals surface area contributed by atoms with Crippen LogP contribution in [0.5, 0.6) is 5.75 Å². The topological polar surface area (TPSA) is 87.7 Å². The lowest BCUT2D eigenvalue weighted by molar-refractivity contribution is 0.0693. The van der Waals surface area contributed by atoms with Crippen LogP contribution in [0.3, 0.4) is 0 Å². The van der Waals surface area contributed by atoms with E-state index in [1.807, 2.05) is 0 Å². The van der Waals surface area contributed by atoms with Crippen molar-refractivity contribution in [2.75, 3.05) is 12.4 Å². The van der Waals surface area contributed by atoms with Crippen LogP contribution >= 0.6 is 0 Å². The molecule has 1 aliphatic carbocycles. The Kier molecular flexibility index (Phi) is 4.81. The van der Waals surface area contributed by atoms with Gasteiger partial charge in [-0.15, -0.1) is 0 Å². The second kappa shape index (κ2) is 6.78. The van der Waals surface area contributed by atoms with Crippen LogP contribution in [-0.4, -0.2) is 30.3 Å². The molecule has 6 heteroatoms. The Morgan fingerprint density at radius 3 is 2.76 bits per heavy atom. The molecule has 0 spiro atoms. The van der Waals surface area contributed by atoms with E-state index < -0.39 is 5.97 Å². The molecule has 112 valence electrons. The number of carboxylic acids is 1. The number of carboxylic acid groups (broad SMARTS) is 1. The minimum absolute atomic E-state index is 0.0564. The molecule has 3 N–H and O–H groups in total. The number of anilines is 1. The molecule has 0 fully saturated rings. The van der Waals surface area contributed by atoms with E-state index >= 15 is 0 Å². The van der Waals surface area contributed by atoms with Crippen molar-refractivity contribution in [2.24, 2.45) is 0 Å². The summed E-state index contributed by atoms with van der Waals surface area (Å²) >= 11 is 0. The molecule has 0 saturated carbocycles. The summed E-state index contributed by atoms with van der Waals surface area (Å²) in [4.78, 5) is 22.9. The molecular formula is C15H18N2O4. The van der Waals surface area contributed by atoms with Crippen LogP contribution in [0, 0.1) is 0 Å². The van der Waals surface area contributed by atoms with Crippen LogP contribution in [0.1, 0.15) is 29.6 Å². The summed E-state index contributed by atoms with van der Waals surface area (Å²) in [6.07, 6.45) is 6.87. The maximum absolute atomic E-state index is 11.9. The van der Waals surface area contributed by atoms with Crippen molar-refractivity contribution in [1.29, 1.82) is 0 Å². The number of nitrogens with one attached hydrogen (secondary N) is 2. The molecule has 0 aliphatic heterocycles. The van der Waals surface area contributed by atoms with Gasteiger partial charge in [-0.25, -0.2) is 9.59 Å². The molecule has 0 aromatic heterocycles. The van der Waals surface area contributed by atoms with Crippen LogP contribution in [0.15, 0.2) is 30.4 Å². The normalized spacial score (nSPS) is 17.1. The van der Waals surface area contributed by atoms with Gasteiger partial charge in [-0.1, -0.05) is 12.2 Å². The maximum atomic E-state index is 11.9. The third-order valence-corrected chi connectivity index (χ3v) is 3.29. The van der Waals surface area contributed by atoms with Gasteiger partial charge in [0.15, 0.2) is 0 Å². The van der Waals surface area contributed by atoms with Gasteiger partial charge in [0.25, 0.3) is 0 Å². The van der Waals surface area contributed by atoms with E-state index in [9.17, 15) is 9.59 Å². The van der Waals surface area contributed by atoms with E-state index in [1.165, 1.54) is 25.3 Å². The number of carbonyl (C=O) groups is 2. The molecule has 21 heavy (non-hydrogen) atoms. The highest BCUT2D eigenvalue weighted by atomic mass is 16.5. The minimum atomic E-state index is -1.07. The molecular weight excluding hydrogens is 272 g/mol. The smallest absolute Gasteiger partial charge is 0.339 e. The molecule has 0 saturated heterocycles. The fourth-order valence-corrected chi connectivity index (χ4v) is 2.22. The molecule has 0 radical (unpaired) electrons. The van der Waals surface area contributed by atoms with Crippen molar-refractivity contribution >= 4 is 17.7 Å². The maximum Gasteiger partial charge on any atom is 0.339 e. The van der Waals surface area contributed by atoms with E-state index in [0.717, 1.165) is 19.3 Å². The first-order valence-electron chi connectivity index (χ1n) is 6.74. The van der Waals surface area contributed by atoms with Crippen molar-refractivity contribution in [3.05, 3.63) is 35.9 Å². The highest BCUT2D eigenvalue weighted by molar-refractivity contribution is 5.94. The molecule has 0 heterocycles. The number of aromatic carboxylic acids is 1. The van der Waals surface area contributed by atoms with E-state index in [4.69, 9.17) is 9.84 Å². The van der Waals surface area contributed by atoms with Gasteiger partial charge in [0.2, 0.25) is 0 Å². The molecule has 1 aliphatic rings. The lowest BCUT2D eigenvalue weighted by Gasteiger charge is -2.19. The number of methoxy groups -OCH3 is 1. The van der Waals surface area contributed by atoms with Crippen LogP contribution in [-0.2, 0) is 0 Å². The minimum Gasteiger partial charge on any atom is -0.496 e. The van der Waals surface area contributed by atoms with Gasteiger partial charge in [-0.3, -0.25) is 0 Å². The summed E-state index contributed by atoms with van der Waals surface area (Å²) in [6.45, 7) is 0. The molecule has 1 atom stereocenters. The van der Waals surface area contributed by atoms with Crippen molar-refractivity contribution < 1.29 is 19.4 Å². The molecule has 6 nitrogen and oxygen atoms in total. The van der Waals surface area contributed by atoms with Gasteiger partial charge < -0.3 is 20.5 Å². The van der Waals surface area contributed by atoms with Gasteiger partial charge >= 0.3 is 12.0 Å². The first kappa shape index (κ1) is 14.9. The fourth-order valence-electron chi connectivity index (χ4n) is 2.22. The Balaban J connectivity index is 2.00. The second-order valence-electron chi connectivity index (χ2n) is 4.80. The van der Waals surface area contributed by atoms with E-state index in [0.29, 0.717) is 5.69 Å². The van der Waals surface area contributed by atoms with Crippen LogP contribution in [0.4, 0.5) is 10.5 Å². The fraction of sp³-hybridized carbons (Fsp3) is 0.333. The Labute approximate surface area is 122 Å². The van der Waals surface area contributed by atoms with Gasteiger partial charge in [0.05, 0.1) is 7.11 Å². The van der Waals surface area contributed by atoms with Crippen molar-refractivity contribution in [3.63, 3.8) is 0 Å². The second-order valence-corrected chi connectivity index (χ2v) is 4.80. The summed E-state index contributed by atoms with van der Waals surface area (Å²) in [6, 6.07) is 4.26. The van der Waals surface area contributed by atoms with E-state index in [2.05, 4.69) is 22.8 Å². The Morgan fingerprint density at radius 2 is 2.14 bits per heavy atom. The molecule has 1 aromatic rings. The number of carbonyl (C=O) groups excluding carboxylic acids is 1. The van der Waals surface area contributed by atoms with Gasteiger partial charge in [0, 0.05) is 17.8 Å². The van der Waals surface area contributed by atoms with Crippen LogP contribution in [0.2, 0.25) is 0 Å². The summed E-state index contributed by atoms with van der Waals surface area (Å²) in [5.41, 5.74) is 0.543. The van der Waals surface area contributed by atoms with E-state index in [-0.39, 0.29) is 23.4 Å². The van der Waals surface area contributed by atoms with Gasteiger partial charge in [-0.05, 0) is 31.4 Å². The average Bonchev–Trinajstić information content (AvgIpc) is 2.47. The molecule has 2 rings (SSSR count). The number of ether oxygens (including phenoxy) is 1. The van der Waals surface area contributed by atoms with E-state index in [1.54, 1.807) is 0 Å². The first-order chi connectivity index (χ1) is 10.1. The number of hydrogen-bond acceptors (Lipinski definition) is 3. The molecule has 0 bridgehead atoms. The summed E-state index contributed by atoms with van der Waals surface area (Å²) < 4.78 is 5.02. The van der Waals surface area contributed by atoms with Crippen LogP contribution in [0.25, 0.3) is 0 Å². The Bertz CT molecular complexity index is 569. The zero-order valence-electron chi connectivity index (χ0n) is 11.8. The predicted molar refractivity (Wildman–Crippen MR) is 78.9 cm³/mol.